The Labute approximate surface area is 97.3 Å². The molecule has 1 aromatic carbocycles. The van der Waals surface area contributed by atoms with Crippen LogP contribution in [0, 0.1) is 0 Å². The molecule has 0 aliphatic heterocycles. The van der Waals surface area contributed by atoms with Gasteiger partial charge in [0.1, 0.15) is 0 Å². The van der Waals surface area contributed by atoms with E-state index in [1.807, 2.05) is 0 Å². The minimum absolute atomic E-state index is 0.105. The van der Waals surface area contributed by atoms with Gasteiger partial charge in [0, 0.05) is 16.4 Å². The van der Waals surface area contributed by atoms with Gasteiger partial charge in [0.05, 0.1) is 5.69 Å². The summed E-state index contributed by atoms with van der Waals surface area (Å²) in [5.41, 5.74) is 5.86. The normalized spacial score (nSPS) is 11.5. The molecule has 2 N–H and O–H groups in total. The average Bonchev–Trinajstić information content (AvgIpc) is 2.08. The van der Waals surface area contributed by atoms with Crippen molar-refractivity contribution in [1.29, 1.82) is 0 Å². The summed E-state index contributed by atoms with van der Waals surface area (Å²) in [6.45, 7) is 0. The van der Waals surface area contributed by atoms with Gasteiger partial charge in [-0.3, -0.25) is 0 Å². The van der Waals surface area contributed by atoms with Crippen LogP contribution >= 0.6 is 27.5 Å². The average molecular weight is 304 g/mol. The minimum Gasteiger partial charge on any atom is -0.404 e. The van der Waals surface area contributed by atoms with Crippen molar-refractivity contribution in [2.45, 2.75) is 11.7 Å². The lowest BCUT2D eigenvalue weighted by Gasteiger charge is -2.12. The van der Waals surface area contributed by atoms with Crippen molar-refractivity contribution in [3.63, 3.8) is 0 Å². The fraction of sp³-hybridized carbons (Fsp3) is 0.250. The molecule has 0 fully saturated rings. The first-order chi connectivity index (χ1) is 6.83. The Morgan fingerprint density at radius 2 is 2.00 bits per heavy atom. The zero-order chi connectivity index (χ0) is 11.6. The summed E-state index contributed by atoms with van der Waals surface area (Å²) in [6.07, 6.45) is -4.77. The molecule has 1 rings (SSSR count). The lowest BCUT2D eigenvalue weighted by atomic mass is 10.2. The van der Waals surface area contributed by atoms with Crippen molar-refractivity contribution < 1.29 is 17.9 Å². The summed E-state index contributed by atoms with van der Waals surface area (Å²) in [5.74, 6) is -0.489. The highest BCUT2D eigenvalue weighted by Crippen LogP contribution is 2.33. The van der Waals surface area contributed by atoms with E-state index in [0.29, 0.717) is 10.9 Å². The zero-order valence-corrected chi connectivity index (χ0v) is 9.58. The molecule has 15 heavy (non-hydrogen) atoms. The van der Waals surface area contributed by atoms with Gasteiger partial charge in [0.15, 0.2) is 5.75 Å². The third kappa shape index (κ3) is 3.46. The molecular weight excluding hydrogens is 298 g/mol. The molecule has 0 atom stereocenters. The van der Waals surface area contributed by atoms with Crippen LogP contribution < -0.4 is 10.5 Å². The van der Waals surface area contributed by atoms with Crippen molar-refractivity contribution >= 4 is 33.2 Å². The van der Waals surface area contributed by atoms with E-state index < -0.39 is 12.1 Å². The monoisotopic (exact) mass is 303 g/mol. The van der Waals surface area contributed by atoms with Crippen LogP contribution in [-0.4, -0.2) is 6.36 Å². The van der Waals surface area contributed by atoms with Crippen LogP contribution in [-0.2, 0) is 5.33 Å². The third-order valence-corrected chi connectivity index (χ3v) is 2.50. The van der Waals surface area contributed by atoms with Crippen LogP contribution in [0.3, 0.4) is 0 Å². The van der Waals surface area contributed by atoms with E-state index in [0.717, 1.165) is 6.07 Å². The Bertz CT molecular complexity index is 370. The maximum atomic E-state index is 11.9. The van der Waals surface area contributed by atoms with E-state index in [4.69, 9.17) is 17.3 Å². The molecule has 0 aliphatic carbocycles. The van der Waals surface area contributed by atoms with Crippen LogP contribution in [0.1, 0.15) is 5.56 Å². The molecule has 0 saturated carbocycles. The van der Waals surface area contributed by atoms with Crippen molar-refractivity contribution in [3.05, 3.63) is 22.7 Å². The van der Waals surface area contributed by atoms with Crippen molar-refractivity contribution in [2.75, 3.05) is 5.73 Å². The number of hydrogen-bond donors (Lipinski definition) is 1. The SMILES string of the molecule is Nc1cc(CBr)c(Cl)cc1OC(F)(F)F. The van der Waals surface area contributed by atoms with Crippen LogP contribution in [0.4, 0.5) is 18.9 Å². The molecular formula is C8H6BrClF3NO. The largest absolute Gasteiger partial charge is 0.573 e. The second-order valence-electron chi connectivity index (χ2n) is 2.66. The van der Waals surface area contributed by atoms with Gasteiger partial charge in [0.25, 0.3) is 0 Å². The summed E-state index contributed by atoms with van der Waals surface area (Å²) in [7, 11) is 0. The van der Waals surface area contributed by atoms with E-state index in [-0.39, 0.29) is 10.7 Å². The molecule has 7 heteroatoms. The van der Waals surface area contributed by atoms with E-state index in [1.165, 1.54) is 6.07 Å². The molecule has 0 spiro atoms. The lowest BCUT2D eigenvalue weighted by Crippen LogP contribution is -2.18. The third-order valence-electron chi connectivity index (χ3n) is 1.55. The predicted octanol–water partition coefficient (Wildman–Crippen LogP) is 3.72. The number of alkyl halides is 4. The minimum atomic E-state index is -4.77. The fourth-order valence-electron chi connectivity index (χ4n) is 0.934. The lowest BCUT2D eigenvalue weighted by molar-refractivity contribution is -0.274. The van der Waals surface area contributed by atoms with E-state index in [1.54, 1.807) is 0 Å². The summed E-state index contributed by atoms with van der Waals surface area (Å²) in [5, 5.41) is 0.572. The second-order valence-corrected chi connectivity index (χ2v) is 3.63. The molecule has 2 nitrogen and oxygen atoms in total. The van der Waals surface area contributed by atoms with Crippen molar-refractivity contribution in [1.82, 2.24) is 0 Å². The van der Waals surface area contributed by atoms with Gasteiger partial charge in [-0.2, -0.15) is 0 Å². The van der Waals surface area contributed by atoms with Crippen LogP contribution in [0.2, 0.25) is 5.02 Å². The number of benzene rings is 1. The molecule has 84 valence electrons. The zero-order valence-electron chi connectivity index (χ0n) is 7.24. The van der Waals surface area contributed by atoms with Gasteiger partial charge in [-0.25, -0.2) is 0 Å². The summed E-state index contributed by atoms with van der Waals surface area (Å²) >= 11 is 8.82. The van der Waals surface area contributed by atoms with Gasteiger partial charge in [0.2, 0.25) is 0 Å². The number of nitrogens with two attached hydrogens (primary N) is 1. The highest BCUT2D eigenvalue weighted by molar-refractivity contribution is 9.08. The molecule has 0 bridgehead atoms. The van der Waals surface area contributed by atoms with Crippen LogP contribution in [0.25, 0.3) is 0 Å². The topological polar surface area (TPSA) is 35.2 Å². The fourth-order valence-corrected chi connectivity index (χ4v) is 1.78. The van der Waals surface area contributed by atoms with E-state index in [9.17, 15) is 13.2 Å². The van der Waals surface area contributed by atoms with Crippen molar-refractivity contribution in [2.24, 2.45) is 0 Å². The Kier molecular flexibility index (Phi) is 3.72. The first kappa shape index (κ1) is 12.4. The molecule has 0 heterocycles. The number of rotatable bonds is 2. The van der Waals surface area contributed by atoms with Crippen LogP contribution in [0.5, 0.6) is 5.75 Å². The Morgan fingerprint density at radius 3 is 2.47 bits per heavy atom. The first-order valence-corrected chi connectivity index (χ1v) is 5.23. The van der Waals surface area contributed by atoms with Gasteiger partial charge >= 0.3 is 6.36 Å². The predicted molar refractivity (Wildman–Crippen MR) is 55.2 cm³/mol. The molecule has 0 saturated heterocycles. The van der Waals surface area contributed by atoms with Gasteiger partial charge in [-0.15, -0.1) is 13.2 Å². The first-order valence-electron chi connectivity index (χ1n) is 3.73. The molecule has 0 aliphatic rings. The summed E-state index contributed by atoms with van der Waals surface area (Å²) in [4.78, 5) is 0. The highest BCUT2D eigenvalue weighted by Gasteiger charge is 2.32. The quantitative estimate of drug-likeness (QED) is 0.667. The second kappa shape index (κ2) is 4.49. The summed E-state index contributed by atoms with van der Waals surface area (Å²) in [6, 6.07) is 2.37. The van der Waals surface area contributed by atoms with Gasteiger partial charge < -0.3 is 10.5 Å². The molecule has 1 aromatic rings. The number of hydrogen-bond acceptors (Lipinski definition) is 2. The number of halogens is 5. The Hall–Kier alpha value is -0.620. The molecule has 0 radical (unpaired) electrons. The van der Waals surface area contributed by atoms with E-state index in [2.05, 4.69) is 20.7 Å². The van der Waals surface area contributed by atoms with Gasteiger partial charge in [-0.1, -0.05) is 27.5 Å². The number of nitrogen functional groups attached to an aromatic ring is 1. The standard InChI is InChI=1S/C8H6BrClF3NO/c9-3-4-1-6(14)7(2-5(4)10)15-8(11,12)13/h1-2H,3,14H2. The number of anilines is 1. The summed E-state index contributed by atoms with van der Waals surface area (Å²) < 4.78 is 39.4. The molecule has 0 unspecified atom stereocenters. The molecule has 0 aromatic heterocycles. The maximum absolute atomic E-state index is 11.9. The van der Waals surface area contributed by atoms with Gasteiger partial charge in [-0.05, 0) is 11.6 Å². The highest BCUT2D eigenvalue weighted by atomic mass is 79.9. The van der Waals surface area contributed by atoms with Crippen LogP contribution in [0.15, 0.2) is 12.1 Å². The van der Waals surface area contributed by atoms with Crippen molar-refractivity contribution in [3.8, 4) is 5.75 Å². The maximum Gasteiger partial charge on any atom is 0.573 e. The van der Waals surface area contributed by atoms with E-state index >= 15 is 0 Å². The smallest absolute Gasteiger partial charge is 0.404 e. The Balaban J connectivity index is 3.05. The Morgan fingerprint density at radius 1 is 1.40 bits per heavy atom. The number of ether oxygens (including phenoxy) is 1. The molecule has 0 amide bonds.